The van der Waals surface area contributed by atoms with Crippen LogP contribution >= 0.6 is 0 Å². The van der Waals surface area contributed by atoms with Gasteiger partial charge in [-0.3, -0.25) is 0 Å². The Morgan fingerprint density at radius 2 is 1.78 bits per heavy atom. The number of aliphatic hydroxyl groups excluding tert-OH is 1. The highest BCUT2D eigenvalue weighted by Crippen LogP contribution is 2.35. The first kappa shape index (κ1) is 14.3. The summed E-state index contributed by atoms with van der Waals surface area (Å²) in [6.45, 7) is 3.12. The lowest BCUT2D eigenvalue weighted by atomic mass is 9.78. The van der Waals surface area contributed by atoms with Crippen molar-refractivity contribution in [3.63, 3.8) is 0 Å². The Morgan fingerprint density at radius 1 is 1.17 bits per heavy atom. The molecule has 0 bridgehead atoms. The molecule has 0 atom stereocenters. The zero-order chi connectivity index (χ0) is 13.0. The SMILES string of the molecule is CN(CC1CC(O)C1)CC1(CN)CCCCCC1. The van der Waals surface area contributed by atoms with Crippen molar-refractivity contribution in [3.8, 4) is 0 Å². The molecule has 3 nitrogen and oxygen atoms in total. The second kappa shape index (κ2) is 6.36. The molecule has 2 aliphatic rings. The molecule has 2 saturated carbocycles. The third-order valence-electron chi connectivity index (χ3n) is 4.98. The maximum atomic E-state index is 9.35. The quantitative estimate of drug-likeness (QED) is 0.738. The molecule has 0 aromatic carbocycles. The third-order valence-corrected chi connectivity index (χ3v) is 4.98. The second-order valence-electron chi connectivity index (χ2n) is 6.81. The Bertz CT molecular complexity index is 243. The summed E-state index contributed by atoms with van der Waals surface area (Å²) < 4.78 is 0. The molecule has 2 fully saturated rings. The van der Waals surface area contributed by atoms with Gasteiger partial charge in [-0.25, -0.2) is 0 Å². The minimum atomic E-state index is -0.0234. The van der Waals surface area contributed by atoms with Crippen molar-refractivity contribution in [2.75, 3.05) is 26.7 Å². The van der Waals surface area contributed by atoms with Crippen LogP contribution in [0.3, 0.4) is 0 Å². The van der Waals surface area contributed by atoms with Crippen molar-refractivity contribution in [2.24, 2.45) is 17.1 Å². The van der Waals surface area contributed by atoms with Crippen LogP contribution in [0.4, 0.5) is 0 Å². The van der Waals surface area contributed by atoms with Gasteiger partial charge in [-0.1, -0.05) is 25.7 Å². The van der Waals surface area contributed by atoms with Crippen LogP contribution in [0.15, 0.2) is 0 Å². The molecule has 2 aliphatic carbocycles. The van der Waals surface area contributed by atoms with Gasteiger partial charge in [0.15, 0.2) is 0 Å². The molecule has 0 amide bonds. The first-order valence-electron chi connectivity index (χ1n) is 7.70. The van der Waals surface area contributed by atoms with E-state index in [1.54, 1.807) is 0 Å². The lowest BCUT2D eigenvalue weighted by Gasteiger charge is -2.39. The number of hydrogen-bond acceptors (Lipinski definition) is 3. The molecule has 0 aliphatic heterocycles. The summed E-state index contributed by atoms with van der Waals surface area (Å²) in [6, 6.07) is 0. The topological polar surface area (TPSA) is 49.5 Å². The summed E-state index contributed by atoms with van der Waals surface area (Å²) in [5, 5.41) is 9.35. The summed E-state index contributed by atoms with van der Waals surface area (Å²) >= 11 is 0. The Balaban J connectivity index is 1.80. The molecule has 0 aromatic heterocycles. The van der Waals surface area contributed by atoms with E-state index < -0.39 is 0 Å². The zero-order valence-corrected chi connectivity index (χ0v) is 11.9. The predicted octanol–water partition coefficient (Wildman–Crippen LogP) is 1.99. The van der Waals surface area contributed by atoms with Crippen molar-refractivity contribution in [1.82, 2.24) is 4.90 Å². The lowest BCUT2D eigenvalue weighted by Crippen LogP contribution is -2.44. The lowest BCUT2D eigenvalue weighted by molar-refractivity contribution is 0.0209. The monoisotopic (exact) mass is 254 g/mol. The molecule has 106 valence electrons. The van der Waals surface area contributed by atoms with E-state index in [4.69, 9.17) is 5.73 Å². The summed E-state index contributed by atoms with van der Waals surface area (Å²) in [5.74, 6) is 0.714. The summed E-state index contributed by atoms with van der Waals surface area (Å²) in [4.78, 5) is 2.47. The highest BCUT2D eigenvalue weighted by Gasteiger charge is 2.33. The first-order valence-corrected chi connectivity index (χ1v) is 7.70. The van der Waals surface area contributed by atoms with Crippen LogP contribution < -0.4 is 5.73 Å². The van der Waals surface area contributed by atoms with Gasteiger partial charge in [0.05, 0.1) is 6.10 Å². The summed E-state index contributed by atoms with van der Waals surface area (Å²) in [7, 11) is 2.23. The van der Waals surface area contributed by atoms with Crippen LogP contribution in [0.5, 0.6) is 0 Å². The van der Waals surface area contributed by atoms with Crippen molar-refractivity contribution >= 4 is 0 Å². The Hall–Kier alpha value is -0.120. The fourth-order valence-corrected chi connectivity index (χ4v) is 3.83. The molecule has 3 N–H and O–H groups in total. The van der Waals surface area contributed by atoms with Crippen LogP contribution in [0, 0.1) is 11.3 Å². The van der Waals surface area contributed by atoms with Crippen LogP contribution in [-0.4, -0.2) is 42.8 Å². The number of hydrogen-bond donors (Lipinski definition) is 2. The minimum Gasteiger partial charge on any atom is -0.393 e. The second-order valence-corrected chi connectivity index (χ2v) is 6.81. The smallest absolute Gasteiger partial charge is 0.0546 e. The van der Waals surface area contributed by atoms with Gasteiger partial charge in [-0.2, -0.15) is 0 Å². The molecule has 18 heavy (non-hydrogen) atoms. The van der Waals surface area contributed by atoms with E-state index in [1.807, 2.05) is 0 Å². The largest absolute Gasteiger partial charge is 0.393 e. The van der Waals surface area contributed by atoms with Crippen molar-refractivity contribution in [3.05, 3.63) is 0 Å². The Morgan fingerprint density at radius 3 is 2.28 bits per heavy atom. The average Bonchev–Trinajstić information content (AvgIpc) is 2.53. The van der Waals surface area contributed by atoms with Gasteiger partial charge < -0.3 is 15.7 Å². The first-order chi connectivity index (χ1) is 8.63. The molecule has 0 unspecified atom stereocenters. The van der Waals surface area contributed by atoms with Crippen molar-refractivity contribution < 1.29 is 5.11 Å². The molecule has 2 rings (SSSR count). The summed E-state index contributed by atoms with van der Waals surface area (Å²) in [5.41, 5.74) is 6.46. The van der Waals surface area contributed by atoms with Crippen LogP contribution in [-0.2, 0) is 0 Å². The molecule has 0 saturated heterocycles. The van der Waals surface area contributed by atoms with Crippen molar-refractivity contribution in [2.45, 2.75) is 57.5 Å². The van der Waals surface area contributed by atoms with Gasteiger partial charge in [-0.05, 0) is 50.6 Å². The van der Waals surface area contributed by atoms with E-state index in [1.165, 1.54) is 38.5 Å². The van der Waals surface area contributed by atoms with Crippen LogP contribution in [0.1, 0.15) is 51.4 Å². The Labute approximate surface area is 112 Å². The van der Waals surface area contributed by atoms with E-state index in [-0.39, 0.29) is 6.10 Å². The Kier molecular flexibility index (Phi) is 5.05. The van der Waals surface area contributed by atoms with E-state index in [0.29, 0.717) is 11.3 Å². The van der Waals surface area contributed by atoms with Gasteiger partial charge in [0.2, 0.25) is 0 Å². The maximum Gasteiger partial charge on any atom is 0.0546 e. The number of rotatable bonds is 5. The predicted molar refractivity (Wildman–Crippen MR) is 75.4 cm³/mol. The normalized spacial score (nSPS) is 32.0. The maximum absolute atomic E-state index is 9.35. The standard InChI is InChI=1S/C15H30N2O/c1-17(10-13-8-14(18)9-13)12-15(11-16)6-4-2-3-5-7-15/h13-14,18H,2-12,16H2,1H3. The average molecular weight is 254 g/mol. The van der Waals surface area contributed by atoms with Gasteiger partial charge in [0.1, 0.15) is 0 Å². The van der Waals surface area contributed by atoms with Crippen molar-refractivity contribution in [1.29, 1.82) is 0 Å². The molecule has 0 heterocycles. The van der Waals surface area contributed by atoms with E-state index >= 15 is 0 Å². The fraction of sp³-hybridized carbons (Fsp3) is 1.00. The van der Waals surface area contributed by atoms with Gasteiger partial charge in [0, 0.05) is 13.1 Å². The highest BCUT2D eigenvalue weighted by atomic mass is 16.3. The number of nitrogens with two attached hydrogens (primary N) is 1. The number of aliphatic hydroxyl groups is 1. The fourth-order valence-electron chi connectivity index (χ4n) is 3.83. The molecule has 3 heteroatoms. The summed E-state index contributed by atoms with van der Waals surface area (Å²) in [6.07, 6.45) is 10.1. The molecule has 0 radical (unpaired) electrons. The molecular formula is C15H30N2O. The van der Waals surface area contributed by atoms with Gasteiger partial charge >= 0.3 is 0 Å². The minimum absolute atomic E-state index is 0.0234. The third kappa shape index (κ3) is 3.69. The molecule has 0 aromatic rings. The highest BCUT2D eigenvalue weighted by molar-refractivity contribution is 4.87. The van der Waals surface area contributed by atoms with E-state index in [2.05, 4.69) is 11.9 Å². The van der Waals surface area contributed by atoms with E-state index in [9.17, 15) is 5.11 Å². The van der Waals surface area contributed by atoms with E-state index in [0.717, 1.165) is 32.5 Å². The zero-order valence-electron chi connectivity index (χ0n) is 11.9. The van der Waals surface area contributed by atoms with Crippen LogP contribution in [0.25, 0.3) is 0 Å². The van der Waals surface area contributed by atoms with Gasteiger partial charge in [0.25, 0.3) is 0 Å². The van der Waals surface area contributed by atoms with Gasteiger partial charge in [-0.15, -0.1) is 0 Å². The molecule has 0 spiro atoms. The number of nitrogens with zero attached hydrogens (tertiary/aromatic N) is 1. The molecular weight excluding hydrogens is 224 g/mol. The van der Waals surface area contributed by atoms with Crippen LogP contribution in [0.2, 0.25) is 0 Å².